The average Bonchev–Trinajstić information content (AvgIpc) is 3.47. The summed E-state index contributed by atoms with van der Waals surface area (Å²) in [5.74, 6) is 2.48. The third-order valence-electron chi connectivity index (χ3n) is 9.02. The van der Waals surface area contributed by atoms with Crippen LogP contribution in [0, 0.1) is 11.8 Å². The van der Waals surface area contributed by atoms with Crippen molar-refractivity contribution >= 4 is 11.8 Å². The summed E-state index contributed by atoms with van der Waals surface area (Å²) in [4.78, 5) is 2.66. The molecule has 1 saturated heterocycles. The molecule has 7 atom stereocenters. The van der Waals surface area contributed by atoms with Crippen LogP contribution in [-0.4, -0.2) is 67.6 Å². The lowest BCUT2D eigenvalue weighted by molar-refractivity contribution is 0.0244. The van der Waals surface area contributed by atoms with Crippen molar-refractivity contribution in [2.45, 2.75) is 112 Å². The van der Waals surface area contributed by atoms with Gasteiger partial charge >= 0.3 is 0 Å². The van der Waals surface area contributed by atoms with E-state index in [2.05, 4.69) is 21.1 Å². The molecule has 2 heterocycles. The molecule has 34 heavy (non-hydrogen) atoms. The van der Waals surface area contributed by atoms with E-state index < -0.39 is 0 Å². The van der Waals surface area contributed by atoms with E-state index in [1.165, 1.54) is 31.5 Å². The molecule has 3 saturated carbocycles. The first kappa shape index (κ1) is 25.1. The Morgan fingerprint density at radius 2 is 1.62 bits per heavy atom. The first-order valence-corrected chi connectivity index (χ1v) is 14.4. The zero-order valence-corrected chi connectivity index (χ0v) is 21.9. The van der Waals surface area contributed by atoms with Crippen molar-refractivity contribution in [2.75, 3.05) is 21.3 Å². The molecule has 0 bridgehead atoms. The van der Waals surface area contributed by atoms with Crippen molar-refractivity contribution in [1.29, 1.82) is 0 Å². The third kappa shape index (κ3) is 4.99. The fraction of sp³-hybridized carbons (Fsp3) is 0.920. The summed E-state index contributed by atoms with van der Waals surface area (Å²) in [5.41, 5.74) is 15.2. The maximum atomic E-state index is 6.66. The maximum absolute atomic E-state index is 6.66. The molecule has 0 aromatic carbocycles. The van der Waals surface area contributed by atoms with Gasteiger partial charge in [0, 0.05) is 45.4 Å². The van der Waals surface area contributed by atoms with Gasteiger partial charge in [0.15, 0.2) is 5.56 Å². The highest BCUT2D eigenvalue weighted by Gasteiger charge is 2.50. The highest BCUT2D eigenvalue weighted by atomic mass is 32.2. The van der Waals surface area contributed by atoms with E-state index in [0.717, 1.165) is 44.9 Å². The highest BCUT2D eigenvalue weighted by molar-refractivity contribution is 8.00. The van der Waals surface area contributed by atoms with Gasteiger partial charge in [-0.05, 0) is 69.3 Å². The minimum atomic E-state index is -0.0434. The number of methoxy groups -OCH3 is 3. The second-order valence-electron chi connectivity index (χ2n) is 10.8. The van der Waals surface area contributed by atoms with Crippen LogP contribution in [0.4, 0.5) is 0 Å². The van der Waals surface area contributed by atoms with E-state index in [0.29, 0.717) is 36.1 Å². The Labute approximate surface area is 209 Å². The van der Waals surface area contributed by atoms with Crippen LogP contribution in [0.2, 0.25) is 0 Å². The summed E-state index contributed by atoms with van der Waals surface area (Å²) < 4.78 is 17.2. The van der Waals surface area contributed by atoms with Crippen LogP contribution >= 0.6 is 11.8 Å². The molecule has 0 spiro atoms. The number of nitrogens with one attached hydrogen (secondary N) is 3. The number of nitrogens with two attached hydrogens (primary N) is 1. The zero-order valence-electron chi connectivity index (χ0n) is 21.1. The largest absolute Gasteiger partial charge is 0.381 e. The fourth-order valence-corrected chi connectivity index (χ4v) is 8.14. The molecule has 0 radical (unpaired) electrons. The Kier molecular flexibility index (Phi) is 8.30. The van der Waals surface area contributed by atoms with Gasteiger partial charge in [0.1, 0.15) is 11.3 Å². The lowest BCUT2D eigenvalue weighted by atomic mass is 9.72. The minimum Gasteiger partial charge on any atom is -0.381 e. The van der Waals surface area contributed by atoms with Crippen LogP contribution in [0.1, 0.15) is 70.6 Å². The molecule has 194 valence electrons. The molecule has 0 aromatic rings. The second kappa shape index (κ2) is 11.2. The lowest BCUT2D eigenvalue weighted by Gasteiger charge is -2.41. The van der Waals surface area contributed by atoms with E-state index in [1.807, 2.05) is 26.0 Å². The van der Waals surface area contributed by atoms with E-state index >= 15 is 0 Å². The summed E-state index contributed by atoms with van der Waals surface area (Å²) in [7, 11) is 5.51. The number of rotatable bonds is 7. The van der Waals surface area contributed by atoms with Gasteiger partial charge in [-0.3, -0.25) is 0 Å². The maximum Gasteiger partial charge on any atom is 0.171 e. The molecule has 5 aliphatic rings. The first-order valence-electron chi connectivity index (χ1n) is 13.4. The number of hydrogen-bond acceptors (Lipinski definition) is 9. The monoisotopic (exact) mass is 495 g/mol. The van der Waals surface area contributed by atoms with Crippen molar-refractivity contribution in [3.63, 3.8) is 0 Å². The van der Waals surface area contributed by atoms with Gasteiger partial charge in [-0.25, -0.2) is 10.9 Å². The van der Waals surface area contributed by atoms with Crippen molar-refractivity contribution in [1.82, 2.24) is 21.1 Å². The summed E-state index contributed by atoms with van der Waals surface area (Å²) in [5, 5.41) is 4.08. The first-order chi connectivity index (χ1) is 16.6. The number of ether oxygens (including phenoxy) is 3. The lowest BCUT2D eigenvalue weighted by Crippen LogP contribution is -2.54. The Balaban J connectivity index is 1.49. The topological polar surface area (TPSA) is 93.0 Å². The molecule has 8 nitrogen and oxygen atoms in total. The molecule has 5 N–H and O–H groups in total. The second-order valence-corrected chi connectivity index (χ2v) is 12.0. The Morgan fingerprint density at radius 3 is 2.29 bits per heavy atom. The van der Waals surface area contributed by atoms with Crippen LogP contribution in [0.5, 0.6) is 0 Å². The van der Waals surface area contributed by atoms with Gasteiger partial charge < -0.3 is 30.2 Å². The fourth-order valence-electron chi connectivity index (χ4n) is 7.13. The molecule has 5 rings (SSSR count). The van der Waals surface area contributed by atoms with Gasteiger partial charge in [-0.15, -0.1) is 0 Å². The molecule has 9 heteroatoms. The highest BCUT2D eigenvalue weighted by Crippen LogP contribution is 2.50. The van der Waals surface area contributed by atoms with Crippen LogP contribution in [0.25, 0.3) is 0 Å². The predicted octanol–water partition coefficient (Wildman–Crippen LogP) is 2.82. The van der Waals surface area contributed by atoms with E-state index in [9.17, 15) is 0 Å². The number of thioether (sulfide) groups is 1. The van der Waals surface area contributed by atoms with E-state index in [1.54, 1.807) is 12.7 Å². The SMILES string of the molecule is COC1CCC(C2=C(NC3CCCCC3N)N(C3NNC(OC)S3)C3CCC(OC)CC23)CC1. The Bertz CT molecular complexity index is 719. The molecule has 2 aliphatic heterocycles. The number of hydrogen-bond donors (Lipinski definition) is 4. The van der Waals surface area contributed by atoms with Crippen molar-refractivity contribution in [3.05, 3.63) is 11.4 Å². The van der Waals surface area contributed by atoms with Gasteiger partial charge in [-0.1, -0.05) is 24.6 Å². The number of nitrogens with zero attached hydrogens (tertiary/aromatic N) is 1. The van der Waals surface area contributed by atoms with Crippen molar-refractivity contribution < 1.29 is 14.2 Å². The Hall–Kier alpha value is -0.550. The predicted molar refractivity (Wildman–Crippen MR) is 135 cm³/mol. The molecule has 0 aromatic heterocycles. The molecular weight excluding hydrogens is 450 g/mol. The summed E-state index contributed by atoms with van der Waals surface area (Å²) >= 11 is 1.81. The quantitative estimate of drug-likeness (QED) is 0.425. The summed E-state index contributed by atoms with van der Waals surface area (Å²) in [6.45, 7) is 0. The molecular formula is C25H45N5O3S. The van der Waals surface area contributed by atoms with Crippen molar-refractivity contribution in [3.8, 4) is 0 Å². The van der Waals surface area contributed by atoms with Gasteiger partial charge in [-0.2, -0.15) is 0 Å². The summed E-state index contributed by atoms with van der Waals surface area (Å²) in [6, 6.07) is 1.04. The summed E-state index contributed by atoms with van der Waals surface area (Å²) in [6.07, 6.45) is 13.6. The molecule has 3 aliphatic carbocycles. The van der Waals surface area contributed by atoms with Gasteiger partial charge in [0.2, 0.25) is 0 Å². The molecule has 0 amide bonds. The van der Waals surface area contributed by atoms with E-state index in [4.69, 9.17) is 19.9 Å². The third-order valence-corrected chi connectivity index (χ3v) is 10.2. The smallest absolute Gasteiger partial charge is 0.171 e. The van der Waals surface area contributed by atoms with E-state index in [-0.39, 0.29) is 17.1 Å². The number of hydrazine groups is 1. The normalized spacial score (nSPS) is 43.3. The minimum absolute atomic E-state index is 0.0434. The average molecular weight is 496 g/mol. The van der Waals surface area contributed by atoms with Crippen molar-refractivity contribution in [2.24, 2.45) is 17.6 Å². The van der Waals surface area contributed by atoms with Gasteiger partial charge in [0.05, 0.1) is 12.2 Å². The van der Waals surface area contributed by atoms with Crippen LogP contribution in [-0.2, 0) is 14.2 Å². The standard InChI is InChI=1S/C25H45N5O3S/c1-31-16-10-8-15(9-11-16)22-18-14-17(32-2)12-13-21(18)30(24-28-29-25(33-3)34-24)23(22)27-20-7-5-4-6-19(20)26/h15-21,24-25,27-29H,4-14,26H2,1-3H3. The molecule has 4 fully saturated rings. The zero-order chi connectivity index (χ0) is 23.7. The van der Waals surface area contributed by atoms with Gasteiger partial charge in [0.25, 0.3) is 0 Å². The Morgan fingerprint density at radius 1 is 0.882 bits per heavy atom. The van der Waals surface area contributed by atoms with Crippen LogP contribution in [0.15, 0.2) is 11.4 Å². The molecule has 7 unspecified atom stereocenters. The van der Waals surface area contributed by atoms with Crippen LogP contribution < -0.4 is 21.9 Å². The number of fused-ring (bicyclic) bond motifs is 1. The van der Waals surface area contributed by atoms with Crippen LogP contribution in [0.3, 0.4) is 0 Å².